The molecule has 0 N–H and O–H groups in total. The molecular weight excluding hydrogens is 324 g/mol. The van der Waals surface area contributed by atoms with Crippen LogP contribution in [-0.2, 0) is 0 Å². The van der Waals surface area contributed by atoms with Gasteiger partial charge in [-0.25, -0.2) is 0 Å². The lowest BCUT2D eigenvalue weighted by Gasteiger charge is -2.15. The van der Waals surface area contributed by atoms with Crippen molar-refractivity contribution in [2.75, 3.05) is 13.1 Å². The molecule has 3 aromatic rings. The molecule has 1 atom stereocenters. The first-order valence-corrected chi connectivity index (χ1v) is 7.96. The van der Waals surface area contributed by atoms with E-state index in [0.717, 1.165) is 12.1 Å². The molecule has 0 aliphatic carbocycles. The van der Waals surface area contributed by atoms with Gasteiger partial charge in [-0.2, -0.15) is 5.10 Å². The number of aryl methyl sites for hydroxylation is 1. The van der Waals surface area contributed by atoms with Crippen molar-refractivity contribution in [2.24, 2.45) is 0 Å². The molecule has 3 aromatic heterocycles. The van der Waals surface area contributed by atoms with E-state index in [9.17, 15) is 4.79 Å². The fourth-order valence-electron chi connectivity index (χ4n) is 2.70. The minimum absolute atomic E-state index is 0.114. The molecule has 8 heteroatoms. The number of nitrogens with zero attached hydrogens (tertiary/aromatic N) is 4. The SMILES string of the molecule is Cc1ccc(OC2CCN(C(=O)c3cc(-c4ccco4)on3)C2)nn1. The lowest BCUT2D eigenvalue weighted by atomic mass is 10.3. The Morgan fingerprint density at radius 3 is 2.96 bits per heavy atom. The standard InChI is InChI=1S/C17H16N4O4/c1-11-4-5-16(19-18-11)24-12-6-7-21(10-12)17(22)13-9-15(25-20-13)14-3-2-8-23-14/h2-5,8-9,12H,6-7,10H2,1H3. The molecule has 0 aromatic carbocycles. The number of carbonyl (C=O) groups excluding carboxylic acids is 1. The number of carbonyl (C=O) groups is 1. The lowest BCUT2D eigenvalue weighted by molar-refractivity contribution is 0.0760. The minimum Gasteiger partial charge on any atom is -0.471 e. The minimum atomic E-state index is -0.192. The van der Waals surface area contributed by atoms with E-state index < -0.39 is 0 Å². The van der Waals surface area contributed by atoms with Gasteiger partial charge in [-0.1, -0.05) is 5.16 Å². The summed E-state index contributed by atoms with van der Waals surface area (Å²) in [6.45, 7) is 2.92. The van der Waals surface area contributed by atoms with E-state index in [1.54, 1.807) is 29.2 Å². The summed E-state index contributed by atoms with van der Waals surface area (Å²) in [5.74, 6) is 1.23. The van der Waals surface area contributed by atoms with Gasteiger partial charge in [-0.15, -0.1) is 5.10 Å². The number of rotatable bonds is 4. The van der Waals surface area contributed by atoms with Gasteiger partial charge in [0.05, 0.1) is 18.5 Å². The Labute approximate surface area is 143 Å². The number of hydrogen-bond donors (Lipinski definition) is 0. The van der Waals surface area contributed by atoms with Crippen LogP contribution < -0.4 is 4.74 Å². The number of furan rings is 1. The Balaban J connectivity index is 1.39. The van der Waals surface area contributed by atoms with Crippen molar-refractivity contribution in [1.82, 2.24) is 20.3 Å². The maximum absolute atomic E-state index is 12.6. The maximum Gasteiger partial charge on any atom is 0.276 e. The number of amides is 1. The summed E-state index contributed by atoms with van der Waals surface area (Å²) in [6, 6.07) is 8.69. The second-order valence-corrected chi connectivity index (χ2v) is 5.85. The predicted molar refractivity (Wildman–Crippen MR) is 85.9 cm³/mol. The number of ether oxygens (including phenoxy) is 1. The monoisotopic (exact) mass is 340 g/mol. The molecule has 0 radical (unpaired) electrons. The van der Waals surface area contributed by atoms with E-state index in [1.165, 1.54) is 6.26 Å². The van der Waals surface area contributed by atoms with Crippen molar-refractivity contribution in [3.05, 3.63) is 48.0 Å². The summed E-state index contributed by atoms with van der Waals surface area (Å²) in [6.07, 6.45) is 2.15. The van der Waals surface area contributed by atoms with Crippen molar-refractivity contribution in [1.29, 1.82) is 0 Å². The molecule has 1 saturated heterocycles. The smallest absolute Gasteiger partial charge is 0.276 e. The van der Waals surface area contributed by atoms with Crippen molar-refractivity contribution in [2.45, 2.75) is 19.4 Å². The van der Waals surface area contributed by atoms with E-state index in [2.05, 4.69) is 15.4 Å². The van der Waals surface area contributed by atoms with Crippen LogP contribution in [0.15, 0.2) is 45.5 Å². The van der Waals surface area contributed by atoms with Crippen molar-refractivity contribution >= 4 is 5.91 Å². The molecule has 1 amide bonds. The molecule has 8 nitrogen and oxygen atoms in total. The fourth-order valence-corrected chi connectivity index (χ4v) is 2.70. The normalized spacial score (nSPS) is 17.0. The number of likely N-dealkylation sites (tertiary alicyclic amines) is 1. The first kappa shape index (κ1) is 15.4. The van der Waals surface area contributed by atoms with Gasteiger partial charge in [0, 0.05) is 25.1 Å². The van der Waals surface area contributed by atoms with E-state index >= 15 is 0 Å². The molecule has 1 fully saturated rings. The Hall–Kier alpha value is -3.16. The van der Waals surface area contributed by atoms with Crippen LogP contribution in [-0.4, -0.2) is 45.4 Å². The lowest BCUT2D eigenvalue weighted by Crippen LogP contribution is -2.31. The number of aromatic nitrogens is 3. The van der Waals surface area contributed by atoms with Gasteiger partial charge in [0.2, 0.25) is 11.6 Å². The summed E-state index contributed by atoms with van der Waals surface area (Å²) >= 11 is 0. The Kier molecular flexibility index (Phi) is 3.93. The Morgan fingerprint density at radius 1 is 1.28 bits per heavy atom. The van der Waals surface area contributed by atoms with Crippen LogP contribution >= 0.6 is 0 Å². The third-order valence-corrected chi connectivity index (χ3v) is 3.99. The van der Waals surface area contributed by atoms with Crippen LogP contribution in [0.1, 0.15) is 22.6 Å². The third kappa shape index (κ3) is 3.23. The molecule has 1 aliphatic rings. The van der Waals surface area contributed by atoms with E-state index in [-0.39, 0.29) is 17.7 Å². The number of hydrogen-bond acceptors (Lipinski definition) is 7. The molecule has 0 bridgehead atoms. The van der Waals surface area contributed by atoms with Crippen molar-refractivity contribution in [3.63, 3.8) is 0 Å². The fraction of sp³-hybridized carbons (Fsp3) is 0.294. The quantitative estimate of drug-likeness (QED) is 0.719. The summed E-state index contributed by atoms with van der Waals surface area (Å²) in [7, 11) is 0. The second-order valence-electron chi connectivity index (χ2n) is 5.85. The largest absolute Gasteiger partial charge is 0.471 e. The average Bonchev–Trinajstić information content (AvgIpc) is 3.37. The molecule has 25 heavy (non-hydrogen) atoms. The zero-order chi connectivity index (χ0) is 17.2. The van der Waals surface area contributed by atoms with E-state index in [1.807, 2.05) is 13.0 Å². The maximum atomic E-state index is 12.6. The zero-order valence-corrected chi connectivity index (χ0v) is 13.6. The van der Waals surface area contributed by atoms with Gasteiger partial charge in [-0.3, -0.25) is 4.79 Å². The van der Waals surface area contributed by atoms with E-state index in [0.29, 0.717) is 30.5 Å². The van der Waals surface area contributed by atoms with Crippen LogP contribution in [0.4, 0.5) is 0 Å². The van der Waals surface area contributed by atoms with Gasteiger partial charge in [-0.05, 0) is 25.1 Å². The highest BCUT2D eigenvalue weighted by Crippen LogP contribution is 2.23. The molecule has 4 heterocycles. The van der Waals surface area contributed by atoms with Gasteiger partial charge < -0.3 is 18.6 Å². The van der Waals surface area contributed by atoms with Crippen molar-refractivity contribution < 1.29 is 18.5 Å². The third-order valence-electron chi connectivity index (χ3n) is 3.99. The van der Waals surface area contributed by atoms with Gasteiger partial charge in [0.25, 0.3) is 5.91 Å². The van der Waals surface area contributed by atoms with Crippen molar-refractivity contribution in [3.8, 4) is 17.4 Å². The highest BCUT2D eigenvalue weighted by Gasteiger charge is 2.30. The highest BCUT2D eigenvalue weighted by atomic mass is 16.5. The summed E-state index contributed by atoms with van der Waals surface area (Å²) < 4.78 is 16.2. The highest BCUT2D eigenvalue weighted by molar-refractivity contribution is 5.93. The molecule has 4 rings (SSSR count). The van der Waals surface area contributed by atoms with Crippen LogP contribution in [0.3, 0.4) is 0 Å². The van der Waals surface area contributed by atoms with Gasteiger partial charge >= 0.3 is 0 Å². The molecule has 0 spiro atoms. The second kappa shape index (κ2) is 6.39. The van der Waals surface area contributed by atoms with Crippen LogP contribution in [0.2, 0.25) is 0 Å². The molecule has 0 saturated carbocycles. The van der Waals surface area contributed by atoms with Crippen LogP contribution in [0.5, 0.6) is 5.88 Å². The Morgan fingerprint density at radius 2 is 2.20 bits per heavy atom. The molecule has 1 aliphatic heterocycles. The predicted octanol–water partition coefficient (Wildman–Crippen LogP) is 2.33. The van der Waals surface area contributed by atoms with Crippen LogP contribution in [0, 0.1) is 6.92 Å². The molecule has 128 valence electrons. The average molecular weight is 340 g/mol. The molecule has 1 unspecified atom stereocenters. The first-order chi connectivity index (χ1) is 12.2. The van der Waals surface area contributed by atoms with E-state index in [4.69, 9.17) is 13.7 Å². The molecular formula is C17H16N4O4. The Bertz CT molecular complexity index is 857. The topological polar surface area (TPSA) is 94.5 Å². The van der Waals surface area contributed by atoms with Gasteiger partial charge in [0.1, 0.15) is 6.10 Å². The summed E-state index contributed by atoms with van der Waals surface area (Å²) in [5, 5.41) is 11.8. The van der Waals surface area contributed by atoms with Crippen LogP contribution in [0.25, 0.3) is 11.5 Å². The first-order valence-electron chi connectivity index (χ1n) is 7.96. The summed E-state index contributed by atoms with van der Waals surface area (Å²) in [4.78, 5) is 14.3. The van der Waals surface area contributed by atoms with Gasteiger partial charge in [0.15, 0.2) is 11.5 Å². The summed E-state index contributed by atoms with van der Waals surface area (Å²) in [5.41, 5.74) is 1.08. The zero-order valence-electron chi connectivity index (χ0n) is 13.6.